The quantitative estimate of drug-likeness (QED) is 0.831. The normalized spacial score (nSPS) is 13.9. The van der Waals surface area contributed by atoms with Gasteiger partial charge in [-0.25, -0.2) is 4.98 Å². The van der Waals surface area contributed by atoms with Crippen LogP contribution in [0.15, 0.2) is 11.6 Å². The summed E-state index contributed by atoms with van der Waals surface area (Å²) >= 11 is 1.67. The monoisotopic (exact) mass is 228 g/mol. The lowest BCUT2D eigenvalue weighted by Crippen LogP contribution is -2.01. The SMILES string of the molecule is CC(=O)O.c1csc(NCCC2CC2)n1. The molecule has 2 rings (SSSR count). The molecule has 1 aromatic heterocycles. The third-order valence-electron chi connectivity index (χ3n) is 1.96. The Labute approximate surface area is 93.4 Å². The van der Waals surface area contributed by atoms with Crippen molar-refractivity contribution in [2.75, 3.05) is 11.9 Å². The standard InChI is InChI=1S/C8H12N2S.C2H4O2/c1-2-7(1)3-4-9-8-10-5-6-11-8;1-2(3)4/h5-7H,1-4H2,(H,9,10);1H3,(H,3,4). The largest absolute Gasteiger partial charge is 0.481 e. The minimum absolute atomic E-state index is 0.833. The van der Waals surface area contributed by atoms with E-state index in [2.05, 4.69) is 10.3 Å². The van der Waals surface area contributed by atoms with Gasteiger partial charge >= 0.3 is 0 Å². The van der Waals surface area contributed by atoms with Crippen LogP contribution in [0.25, 0.3) is 0 Å². The Morgan fingerprint density at radius 3 is 2.87 bits per heavy atom. The molecule has 0 atom stereocenters. The fourth-order valence-corrected chi connectivity index (χ4v) is 1.66. The van der Waals surface area contributed by atoms with Crippen molar-refractivity contribution in [3.63, 3.8) is 0 Å². The number of thiazole rings is 1. The summed E-state index contributed by atoms with van der Waals surface area (Å²) in [5, 5.41) is 13.8. The maximum atomic E-state index is 9.00. The van der Waals surface area contributed by atoms with Gasteiger partial charge in [0, 0.05) is 25.0 Å². The predicted octanol–water partition coefficient (Wildman–Crippen LogP) is 2.45. The minimum Gasteiger partial charge on any atom is -0.481 e. The summed E-state index contributed by atoms with van der Waals surface area (Å²) in [4.78, 5) is 13.1. The van der Waals surface area contributed by atoms with Gasteiger partial charge in [0.05, 0.1) is 0 Å². The highest BCUT2D eigenvalue weighted by Crippen LogP contribution is 2.32. The molecule has 0 saturated heterocycles. The van der Waals surface area contributed by atoms with E-state index in [9.17, 15) is 0 Å². The Morgan fingerprint density at radius 1 is 1.73 bits per heavy atom. The fourth-order valence-electron chi connectivity index (χ4n) is 1.10. The molecule has 0 bridgehead atoms. The number of aromatic nitrogens is 1. The van der Waals surface area contributed by atoms with E-state index in [1.54, 1.807) is 11.3 Å². The Morgan fingerprint density at radius 2 is 2.40 bits per heavy atom. The summed E-state index contributed by atoms with van der Waals surface area (Å²) in [7, 11) is 0. The van der Waals surface area contributed by atoms with Crippen molar-refractivity contribution < 1.29 is 9.90 Å². The van der Waals surface area contributed by atoms with Gasteiger partial charge in [-0.05, 0) is 12.3 Å². The van der Waals surface area contributed by atoms with E-state index < -0.39 is 5.97 Å². The maximum absolute atomic E-state index is 9.00. The number of rotatable bonds is 4. The van der Waals surface area contributed by atoms with E-state index in [1.165, 1.54) is 19.3 Å². The van der Waals surface area contributed by atoms with Crippen molar-refractivity contribution in [3.8, 4) is 0 Å². The lowest BCUT2D eigenvalue weighted by Gasteiger charge is -1.99. The molecular formula is C10H16N2O2S. The lowest BCUT2D eigenvalue weighted by molar-refractivity contribution is -0.134. The summed E-state index contributed by atoms with van der Waals surface area (Å²) in [5.74, 6) is 0.183. The highest BCUT2D eigenvalue weighted by molar-refractivity contribution is 7.13. The number of anilines is 1. The van der Waals surface area contributed by atoms with E-state index in [1.807, 2.05) is 11.6 Å². The lowest BCUT2D eigenvalue weighted by atomic mass is 10.3. The average Bonchev–Trinajstić information content (AvgIpc) is 2.80. The van der Waals surface area contributed by atoms with Gasteiger partial charge in [-0.2, -0.15) is 0 Å². The number of aliphatic carboxylic acids is 1. The number of nitrogens with zero attached hydrogens (tertiary/aromatic N) is 1. The first-order valence-electron chi connectivity index (χ1n) is 5.01. The van der Waals surface area contributed by atoms with Crippen LogP contribution in [0.4, 0.5) is 5.13 Å². The smallest absolute Gasteiger partial charge is 0.300 e. The Balaban J connectivity index is 0.000000245. The number of carbonyl (C=O) groups is 1. The maximum Gasteiger partial charge on any atom is 0.300 e. The van der Waals surface area contributed by atoms with Gasteiger partial charge < -0.3 is 10.4 Å². The zero-order chi connectivity index (χ0) is 11.1. The number of nitrogens with one attached hydrogen (secondary N) is 1. The molecule has 0 aromatic carbocycles. The number of hydrogen-bond donors (Lipinski definition) is 2. The van der Waals surface area contributed by atoms with Crippen molar-refractivity contribution >= 4 is 22.4 Å². The van der Waals surface area contributed by atoms with Gasteiger partial charge in [-0.1, -0.05) is 12.8 Å². The zero-order valence-electron chi connectivity index (χ0n) is 8.77. The minimum atomic E-state index is -0.833. The molecule has 1 aromatic rings. The van der Waals surface area contributed by atoms with Crippen molar-refractivity contribution in [3.05, 3.63) is 11.6 Å². The second kappa shape index (κ2) is 6.40. The topological polar surface area (TPSA) is 62.2 Å². The molecule has 1 fully saturated rings. The highest BCUT2D eigenvalue weighted by atomic mass is 32.1. The van der Waals surface area contributed by atoms with E-state index in [0.29, 0.717) is 0 Å². The number of carboxylic acids is 1. The second-order valence-corrected chi connectivity index (χ2v) is 4.41. The first-order chi connectivity index (χ1) is 7.18. The molecule has 0 radical (unpaired) electrons. The summed E-state index contributed by atoms with van der Waals surface area (Å²) in [6.07, 6.45) is 6.04. The van der Waals surface area contributed by atoms with Gasteiger partial charge in [-0.3, -0.25) is 4.79 Å². The van der Waals surface area contributed by atoms with Gasteiger partial charge in [0.2, 0.25) is 0 Å². The fraction of sp³-hybridized carbons (Fsp3) is 0.600. The van der Waals surface area contributed by atoms with Gasteiger partial charge in [0.15, 0.2) is 5.13 Å². The second-order valence-electron chi connectivity index (χ2n) is 3.52. The molecule has 0 spiro atoms. The van der Waals surface area contributed by atoms with Gasteiger partial charge in [-0.15, -0.1) is 11.3 Å². The van der Waals surface area contributed by atoms with Crippen LogP contribution >= 0.6 is 11.3 Å². The number of hydrogen-bond acceptors (Lipinski definition) is 4. The van der Waals surface area contributed by atoms with E-state index >= 15 is 0 Å². The first kappa shape index (κ1) is 12.0. The first-order valence-corrected chi connectivity index (χ1v) is 5.89. The van der Waals surface area contributed by atoms with Crippen LogP contribution in [0.5, 0.6) is 0 Å². The zero-order valence-corrected chi connectivity index (χ0v) is 9.59. The highest BCUT2D eigenvalue weighted by Gasteiger charge is 2.20. The molecule has 15 heavy (non-hydrogen) atoms. The van der Waals surface area contributed by atoms with Crippen molar-refractivity contribution in [1.29, 1.82) is 0 Å². The van der Waals surface area contributed by atoms with Crippen molar-refractivity contribution in [2.24, 2.45) is 5.92 Å². The predicted molar refractivity (Wildman–Crippen MR) is 61.3 cm³/mol. The molecule has 84 valence electrons. The molecule has 0 aliphatic heterocycles. The molecule has 1 heterocycles. The average molecular weight is 228 g/mol. The van der Waals surface area contributed by atoms with Gasteiger partial charge in [0.25, 0.3) is 5.97 Å². The molecule has 1 aliphatic rings. The molecule has 0 amide bonds. The van der Waals surface area contributed by atoms with Crippen LogP contribution in [0, 0.1) is 5.92 Å². The van der Waals surface area contributed by atoms with Gasteiger partial charge in [0.1, 0.15) is 0 Å². The molecule has 0 unspecified atom stereocenters. The van der Waals surface area contributed by atoms with Crippen LogP contribution < -0.4 is 5.32 Å². The Kier molecular flexibility index (Phi) is 5.10. The Bertz CT molecular complexity index is 280. The molecule has 2 N–H and O–H groups in total. The van der Waals surface area contributed by atoms with Crippen LogP contribution in [0.2, 0.25) is 0 Å². The molecule has 5 heteroatoms. The van der Waals surface area contributed by atoms with E-state index in [0.717, 1.165) is 24.5 Å². The van der Waals surface area contributed by atoms with E-state index in [-0.39, 0.29) is 0 Å². The molecule has 1 aliphatic carbocycles. The van der Waals surface area contributed by atoms with Crippen LogP contribution in [0.3, 0.4) is 0 Å². The van der Waals surface area contributed by atoms with Crippen LogP contribution in [-0.4, -0.2) is 22.6 Å². The summed E-state index contributed by atoms with van der Waals surface area (Å²) in [6, 6.07) is 0. The summed E-state index contributed by atoms with van der Waals surface area (Å²) < 4.78 is 0. The Hall–Kier alpha value is -1.10. The summed E-state index contributed by atoms with van der Waals surface area (Å²) in [5.41, 5.74) is 0. The third-order valence-corrected chi connectivity index (χ3v) is 2.69. The van der Waals surface area contributed by atoms with Crippen molar-refractivity contribution in [2.45, 2.75) is 26.2 Å². The van der Waals surface area contributed by atoms with Crippen LogP contribution in [-0.2, 0) is 4.79 Å². The van der Waals surface area contributed by atoms with Crippen molar-refractivity contribution in [1.82, 2.24) is 4.98 Å². The third kappa shape index (κ3) is 6.90. The molecule has 1 saturated carbocycles. The molecule has 4 nitrogen and oxygen atoms in total. The molecular weight excluding hydrogens is 212 g/mol. The van der Waals surface area contributed by atoms with E-state index in [4.69, 9.17) is 9.90 Å². The van der Waals surface area contributed by atoms with Crippen LogP contribution in [0.1, 0.15) is 26.2 Å². The summed E-state index contributed by atoms with van der Waals surface area (Å²) in [6.45, 7) is 2.18. The number of carboxylic acid groups (broad SMARTS) is 1.